The number of pyridine rings is 3. The standard InChI is InChI=1S/C21H13N3/c1-4-8-17-14(5-1)9-10-22-21(17)19-11-18-16-7-3-2-6-15(16)12-23-20(18)13-24-19/h1-13H. The van der Waals surface area contributed by atoms with E-state index in [1.807, 2.05) is 42.9 Å². The highest BCUT2D eigenvalue weighted by atomic mass is 14.8. The Morgan fingerprint density at radius 3 is 2.29 bits per heavy atom. The quantitative estimate of drug-likeness (QED) is 0.409. The molecule has 3 heterocycles. The fourth-order valence-electron chi connectivity index (χ4n) is 3.21. The van der Waals surface area contributed by atoms with Crippen molar-refractivity contribution < 1.29 is 0 Å². The third-order valence-electron chi connectivity index (χ3n) is 4.39. The van der Waals surface area contributed by atoms with Crippen molar-refractivity contribution in [1.29, 1.82) is 0 Å². The van der Waals surface area contributed by atoms with Gasteiger partial charge in [0, 0.05) is 28.6 Å². The van der Waals surface area contributed by atoms with Crippen LogP contribution in [0, 0.1) is 0 Å². The first-order chi connectivity index (χ1) is 11.9. The third kappa shape index (κ3) is 1.95. The van der Waals surface area contributed by atoms with Crippen molar-refractivity contribution in [1.82, 2.24) is 15.0 Å². The molecule has 0 aliphatic carbocycles. The average molecular weight is 307 g/mol. The molecule has 0 spiro atoms. The molecule has 5 aromatic rings. The minimum atomic E-state index is 0.873. The molecule has 0 atom stereocenters. The molecule has 0 saturated carbocycles. The fraction of sp³-hybridized carbons (Fsp3) is 0. The van der Waals surface area contributed by atoms with Gasteiger partial charge in [-0.2, -0.15) is 0 Å². The summed E-state index contributed by atoms with van der Waals surface area (Å²) in [7, 11) is 0. The normalized spacial score (nSPS) is 11.3. The van der Waals surface area contributed by atoms with Crippen LogP contribution in [0.15, 0.2) is 79.3 Å². The topological polar surface area (TPSA) is 38.7 Å². The summed E-state index contributed by atoms with van der Waals surface area (Å²) in [6.07, 6.45) is 5.57. The smallest absolute Gasteiger partial charge is 0.0964 e. The van der Waals surface area contributed by atoms with Crippen LogP contribution in [0.3, 0.4) is 0 Å². The molecular weight excluding hydrogens is 294 g/mol. The molecule has 0 aliphatic rings. The zero-order valence-corrected chi connectivity index (χ0v) is 12.8. The summed E-state index contributed by atoms with van der Waals surface area (Å²) in [5.74, 6) is 0. The van der Waals surface area contributed by atoms with Crippen LogP contribution in [-0.2, 0) is 0 Å². The van der Waals surface area contributed by atoms with Gasteiger partial charge in [0.05, 0.1) is 23.1 Å². The van der Waals surface area contributed by atoms with Crippen LogP contribution in [0.5, 0.6) is 0 Å². The van der Waals surface area contributed by atoms with Crippen LogP contribution < -0.4 is 0 Å². The molecule has 0 radical (unpaired) electrons. The molecule has 112 valence electrons. The molecule has 0 saturated heterocycles. The minimum absolute atomic E-state index is 0.873. The predicted octanol–water partition coefficient (Wildman–Crippen LogP) is 5.00. The molecule has 0 fully saturated rings. The second-order valence-electron chi connectivity index (χ2n) is 5.81. The van der Waals surface area contributed by atoms with E-state index in [1.165, 1.54) is 10.8 Å². The van der Waals surface area contributed by atoms with Gasteiger partial charge in [0.15, 0.2) is 0 Å². The van der Waals surface area contributed by atoms with E-state index in [2.05, 4.69) is 51.4 Å². The van der Waals surface area contributed by atoms with Crippen LogP contribution in [0.4, 0.5) is 0 Å². The van der Waals surface area contributed by atoms with Crippen molar-refractivity contribution in [3.63, 3.8) is 0 Å². The maximum atomic E-state index is 4.61. The second kappa shape index (κ2) is 5.10. The maximum Gasteiger partial charge on any atom is 0.0964 e. The molecular formula is C21H13N3. The van der Waals surface area contributed by atoms with Gasteiger partial charge < -0.3 is 0 Å². The lowest BCUT2D eigenvalue weighted by atomic mass is 10.0. The van der Waals surface area contributed by atoms with E-state index in [4.69, 9.17) is 0 Å². The fourth-order valence-corrected chi connectivity index (χ4v) is 3.21. The summed E-state index contributed by atoms with van der Waals surface area (Å²) >= 11 is 0. The number of hydrogen-bond donors (Lipinski definition) is 0. The largest absolute Gasteiger partial charge is 0.254 e. The van der Waals surface area contributed by atoms with E-state index in [-0.39, 0.29) is 0 Å². The molecule has 24 heavy (non-hydrogen) atoms. The molecule has 3 aromatic heterocycles. The van der Waals surface area contributed by atoms with Crippen LogP contribution in [0.2, 0.25) is 0 Å². The van der Waals surface area contributed by atoms with Gasteiger partial charge in [-0.25, -0.2) is 0 Å². The van der Waals surface area contributed by atoms with Gasteiger partial charge in [-0.1, -0.05) is 48.5 Å². The number of hydrogen-bond acceptors (Lipinski definition) is 3. The molecule has 3 heteroatoms. The Morgan fingerprint density at radius 2 is 1.38 bits per heavy atom. The van der Waals surface area contributed by atoms with E-state index >= 15 is 0 Å². The van der Waals surface area contributed by atoms with Crippen molar-refractivity contribution in [3.05, 3.63) is 79.3 Å². The summed E-state index contributed by atoms with van der Waals surface area (Å²) in [5.41, 5.74) is 2.68. The first-order valence-electron chi connectivity index (χ1n) is 7.88. The van der Waals surface area contributed by atoms with Gasteiger partial charge in [-0.15, -0.1) is 0 Å². The summed E-state index contributed by atoms with van der Waals surface area (Å²) in [6.45, 7) is 0. The Balaban J connectivity index is 1.85. The Labute approximate surface area is 138 Å². The van der Waals surface area contributed by atoms with Crippen molar-refractivity contribution in [3.8, 4) is 11.4 Å². The van der Waals surface area contributed by atoms with E-state index < -0.39 is 0 Å². The molecule has 0 N–H and O–H groups in total. The molecule has 0 bridgehead atoms. The highest BCUT2D eigenvalue weighted by molar-refractivity contribution is 6.06. The SMILES string of the molecule is c1ccc2c(-c3cc4c(cn3)ncc3ccccc34)nccc2c1. The average Bonchev–Trinajstić information content (AvgIpc) is 2.67. The summed E-state index contributed by atoms with van der Waals surface area (Å²) < 4.78 is 0. The number of aromatic nitrogens is 3. The maximum absolute atomic E-state index is 4.61. The minimum Gasteiger partial charge on any atom is -0.254 e. The second-order valence-corrected chi connectivity index (χ2v) is 5.81. The monoisotopic (exact) mass is 307 g/mol. The number of benzene rings is 2. The van der Waals surface area contributed by atoms with Crippen LogP contribution >= 0.6 is 0 Å². The Bertz CT molecular complexity index is 1210. The van der Waals surface area contributed by atoms with Crippen LogP contribution in [0.25, 0.3) is 43.8 Å². The lowest BCUT2D eigenvalue weighted by Gasteiger charge is -2.07. The molecule has 0 unspecified atom stereocenters. The number of fused-ring (bicyclic) bond motifs is 4. The number of rotatable bonds is 1. The first-order valence-corrected chi connectivity index (χ1v) is 7.88. The van der Waals surface area contributed by atoms with Gasteiger partial charge in [0.25, 0.3) is 0 Å². The zero-order valence-electron chi connectivity index (χ0n) is 12.8. The number of nitrogens with zero attached hydrogens (tertiary/aromatic N) is 3. The molecule has 2 aromatic carbocycles. The van der Waals surface area contributed by atoms with Crippen LogP contribution in [-0.4, -0.2) is 15.0 Å². The molecule has 0 amide bonds. The zero-order chi connectivity index (χ0) is 15.9. The van der Waals surface area contributed by atoms with Gasteiger partial charge in [-0.05, 0) is 22.9 Å². The van der Waals surface area contributed by atoms with Gasteiger partial charge in [0.1, 0.15) is 0 Å². The Morgan fingerprint density at radius 1 is 0.583 bits per heavy atom. The van der Waals surface area contributed by atoms with Crippen molar-refractivity contribution in [2.45, 2.75) is 0 Å². The third-order valence-corrected chi connectivity index (χ3v) is 4.39. The van der Waals surface area contributed by atoms with Crippen molar-refractivity contribution >= 4 is 32.4 Å². The first kappa shape index (κ1) is 13.1. The highest BCUT2D eigenvalue weighted by Crippen LogP contribution is 2.29. The lowest BCUT2D eigenvalue weighted by Crippen LogP contribution is -1.91. The molecule has 3 nitrogen and oxygen atoms in total. The Hall–Kier alpha value is -3.33. The summed E-state index contributed by atoms with van der Waals surface area (Å²) in [4.78, 5) is 13.7. The molecule has 0 aliphatic heterocycles. The van der Waals surface area contributed by atoms with Gasteiger partial charge in [-0.3, -0.25) is 15.0 Å². The highest BCUT2D eigenvalue weighted by Gasteiger charge is 2.09. The van der Waals surface area contributed by atoms with E-state index in [9.17, 15) is 0 Å². The van der Waals surface area contributed by atoms with E-state index in [0.717, 1.165) is 33.1 Å². The van der Waals surface area contributed by atoms with E-state index in [1.54, 1.807) is 0 Å². The van der Waals surface area contributed by atoms with Crippen LogP contribution in [0.1, 0.15) is 0 Å². The van der Waals surface area contributed by atoms with E-state index in [0.29, 0.717) is 0 Å². The summed E-state index contributed by atoms with van der Waals surface area (Å²) in [5, 5.41) is 5.70. The van der Waals surface area contributed by atoms with Gasteiger partial charge in [0.2, 0.25) is 0 Å². The molecule has 5 rings (SSSR count). The van der Waals surface area contributed by atoms with Crippen molar-refractivity contribution in [2.24, 2.45) is 0 Å². The van der Waals surface area contributed by atoms with Crippen molar-refractivity contribution in [2.75, 3.05) is 0 Å². The Kier molecular flexibility index (Phi) is 2.79. The predicted molar refractivity (Wildman–Crippen MR) is 97.8 cm³/mol. The summed E-state index contributed by atoms with van der Waals surface area (Å²) in [6, 6.07) is 20.7. The van der Waals surface area contributed by atoms with Gasteiger partial charge >= 0.3 is 0 Å². The lowest BCUT2D eigenvalue weighted by molar-refractivity contribution is 1.27.